The van der Waals surface area contributed by atoms with Crippen LogP contribution in [-0.4, -0.2) is 16.2 Å². The molecule has 0 atom stereocenters. The van der Waals surface area contributed by atoms with Crippen LogP contribution in [-0.2, 0) is 16.2 Å². The van der Waals surface area contributed by atoms with E-state index in [1.165, 1.54) is 28.7 Å². The topological polar surface area (TPSA) is 43.6 Å². The van der Waals surface area contributed by atoms with E-state index in [-0.39, 0.29) is 0 Å². The van der Waals surface area contributed by atoms with Gasteiger partial charge in [0.2, 0.25) is 0 Å². The number of hydrogen-bond donors (Lipinski definition) is 0. The molecule has 0 amide bonds. The van der Waals surface area contributed by atoms with Gasteiger partial charge in [-0.2, -0.15) is 0 Å². The summed E-state index contributed by atoms with van der Waals surface area (Å²) in [5.41, 5.74) is 4.07. The van der Waals surface area contributed by atoms with E-state index >= 15 is 0 Å². The van der Waals surface area contributed by atoms with Crippen molar-refractivity contribution in [2.75, 3.05) is 0 Å². The normalized spacial score (nSPS) is 12.0. The lowest BCUT2D eigenvalue weighted by atomic mass is 10.1. The number of benzene rings is 2. The molecule has 0 saturated heterocycles. The molecule has 3 aromatic rings. The summed E-state index contributed by atoms with van der Waals surface area (Å²) in [7, 11) is 0. The predicted molar refractivity (Wildman–Crippen MR) is 89.1 cm³/mol. The SMILES string of the molecule is CCn1c2ccccc2c2cc(/C(C)=N/OC(C)=O)ccc21. The van der Waals surface area contributed by atoms with E-state index in [0.717, 1.165) is 12.1 Å². The molecule has 4 heteroatoms. The minimum absolute atomic E-state index is 0.414. The molecule has 112 valence electrons. The molecule has 0 bridgehead atoms. The van der Waals surface area contributed by atoms with Gasteiger partial charge in [-0.05, 0) is 37.6 Å². The van der Waals surface area contributed by atoms with Crippen LogP contribution >= 0.6 is 0 Å². The van der Waals surface area contributed by atoms with E-state index in [9.17, 15) is 4.79 Å². The van der Waals surface area contributed by atoms with Crippen molar-refractivity contribution in [2.24, 2.45) is 5.16 Å². The fourth-order valence-corrected chi connectivity index (χ4v) is 2.80. The van der Waals surface area contributed by atoms with Gasteiger partial charge in [-0.25, -0.2) is 4.79 Å². The maximum Gasteiger partial charge on any atom is 0.331 e. The Morgan fingerprint density at radius 1 is 1.09 bits per heavy atom. The quantitative estimate of drug-likeness (QED) is 0.414. The predicted octanol–water partition coefficient (Wildman–Crippen LogP) is 4.10. The highest BCUT2D eigenvalue weighted by Crippen LogP contribution is 2.29. The molecule has 4 nitrogen and oxygen atoms in total. The molecule has 0 saturated carbocycles. The first-order valence-corrected chi connectivity index (χ1v) is 7.35. The van der Waals surface area contributed by atoms with Crippen LogP contribution in [0.15, 0.2) is 47.6 Å². The van der Waals surface area contributed by atoms with Crippen LogP contribution in [0, 0.1) is 0 Å². The van der Waals surface area contributed by atoms with Crippen molar-refractivity contribution < 1.29 is 9.63 Å². The smallest absolute Gasteiger partial charge is 0.331 e. The van der Waals surface area contributed by atoms with Gasteiger partial charge in [0.05, 0.1) is 5.71 Å². The Balaban J connectivity index is 2.20. The Bertz CT molecular complexity index is 891. The Labute approximate surface area is 129 Å². The summed E-state index contributed by atoms with van der Waals surface area (Å²) >= 11 is 0. The lowest BCUT2D eigenvalue weighted by molar-refractivity contribution is -0.140. The van der Waals surface area contributed by atoms with Crippen molar-refractivity contribution in [2.45, 2.75) is 27.3 Å². The lowest BCUT2D eigenvalue weighted by Gasteiger charge is -2.04. The van der Waals surface area contributed by atoms with E-state index in [1.54, 1.807) is 0 Å². The zero-order valence-corrected chi connectivity index (χ0v) is 13.0. The maximum absolute atomic E-state index is 10.9. The second-order valence-corrected chi connectivity index (χ2v) is 5.25. The molecule has 0 aliphatic heterocycles. The van der Waals surface area contributed by atoms with Crippen molar-refractivity contribution in [1.82, 2.24) is 4.57 Å². The van der Waals surface area contributed by atoms with Gasteiger partial charge < -0.3 is 9.40 Å². The highest BCUT2D eigenvalue weighted by atomic mass is 16.7. The van der Waals surface area contributed by atoms with Gasteiger partial charge >= 0.3 is 5.97 Å². The zero-order chi connectivity index (χ0) is 15.7. The number of fused-ring (bicyclic) bond motifs is 3. The Hall–Kier alpha value is -2.62. The second-order valence-electron chi connectivity index (χ2n) is 5.25. The third-order valence-electron chi connectivity index (χ3n) is 3.82. The average Bonchev–Trinajstić information content (AvgIpc) is 2.85. The van der Waals surface area contributed by atoms with Crippen LogP contribution in [0.25, 0.3) is 21.8 Å². The Morgan fingerprint density at radius 2 is 1.82 bits per heavy atom. The summed E-state index contributed by atoms with van der Waals surface area (Å²) in [5, 5.41) is 6.28. The van der Waals surface area contributed by atoms with Crippen molar-refractivity contribution in [3.8, 4) is 0 Å². The largest absolute Gasteiger partial charge is 0.341 e. The first-order valence-electron chi connectivity index (χ1n) is 7.35. The number of nitrogens with zero attached hydrogens (tertiary/aromatic N) is 2. The molecular formula is C18H18N2O2. The third kappa shape index (κ3) is 2.37. The first kappa shape index (κ1) is 14.3. The highest BCUT2D eigenvalue weighted by Gasteiger charge is 2.10. The molecule has 2 aromatic carbocycles. The van der Waals surface area contributed by atoms with Gasteiger partial charge in [0.25, 0.3) is 0 Å². The van der Waals surface area contributed by atoms with E-state index in [0.29, 0.717) is 5.71 Å². The van der Waals surface area contributed by atoms with Crippen molar-refractivity contribution in [3.63, 3.8) is 0 Å². The molecular weight excluding hydrogens is 276 g/mol. The molecule has 3 rings (SSSR count). The minimum atomic E-state index is -0.414. The molecule has 1 aromatic heterocycles. The number of carbonyl (C=O) groups is 1. The summed E-state index contributed by atoms with van der Waals surface area (Å²) < 4.78 is 2.30. The number of carbonyl (C=O) groups excluding carboxylic acids is 1. The van der Waals surface area contributed by atoms with Crippen LogP contribution in [0.3, 0.4) is 0 Å². The monoisotopic (exact) mass is 294 g/mol. The summed E-state index contributed by atoms with van der Waals surface area (Å²) in [5.74, 6) is -0.414. The Kier molecular flexibility index (Phi) is 3.67. The Morgan fingerprint density at radius 3 is 2.55 bits per heavy atom. The van der Waals surface area contributed by atoms with Crippen LogP contribution in [0.5, 0.6) is 0 Å². The van der Waals surface area contributed by atoms with E-state index < -0.39 is 5.97 Å². The van der Waals surface area contributed by atoms with Crippen molar-refractivity contribution >= 4 is 33.5 Å². The molecule has 0 aliphatic rings. The summed E-state index contributed by atoms with van der Waals surface area (Å²) in [4.78, 5) is 15.6. The van der Waals surface area contributed by atoms with Gasteiger partial charge in [0.15, 0.2) is 0 Å². The summed E-state index contributed by atoms with van der Waals surface area (Å²) in [6.45, 7) is 6.25. The summed E-state index contributed by atoms with van der Waals surface area (Å²) in [6, 6.07) is 14.6. The average molecular weight is 294 g/mol. The number of para-hydroxylation sites is 1. The number of hydrogen-bond acceptors (Lipinski definition) is 3. The van der Waals surface area contributed by atoms with E-state index in [4.69, 9.17) is 4.84 Å². The molecule has 0 radical (unpaired) electrons. The molecule has 0 aliphatic carbocycles. The molecule has 1 heterocycles. The van der Waals surface area contributed by atoms with Crippen LogP contribution < -0.4 is 0 Å². The summed E-state index contributed by atoms with van der Waals surface area (Å²) in [6.07, 6.45) is 0. The van der Waals surface area contributed by atoms with E-state index in [2.05, 4.69) is 47.0 Å². The van der Waals surface area contributed by atoms with Gasteiger partial charge in [0.1, 0.15) is 0 Å². The fraction of sp³-hybridized carbons (Fsp3) is 0.222. The fourth-order valence-electron chi connectivity index (χ4n) is 2.80. The van der Waals surface area contributed by atoms with Crippen LogP contribution in [0.1, 0.15) is 26.3 Å². The van der Waals surface area contributed by atoms with Gasteiger partial charge in [-0.15, -0.1) is 0 Å². The molecule has 0 spiro atoms. The van der Waals surface area contributed by atoms with E-state index in [1.807, 2.05) is 19.1 Å². The minimum Gasteiger partial charge on any atom is -0.341 e. The standard InChI is InChI=1S/C18H18N2O2/c1-4-20-17-8-6-5-7-15(17)16-11-14(9-10-18(16)20)12(2)19-22-13(3)21/h5-11H,4H2,1-3H3/b19-12+. The lowest BCUT2D eigenvalue weighted by Crippen LogP contribution is -1.99. The molecule has 22 heavy (non-hydrogen) atoms. The molecule has 0 unspecified atom stereocenters. The van der Waals surface area contributed by atoms with Gasteiger partial charge in [-0.1, -0.05) is 29.4 Å². The maximum atomic E-state index is 10.9. The van der Waals surface area contributed by atoms with Crippen LogP contribution in [0.4, 0.5) is 0 Å². The van der Waals surface area contributed by atoms with Gasteiger partial charge in [-0.3, -0.25) is 0 Å². The first-order chi connectivity index (χ1) is 10.6. The second kappa shape index (κ2) is 5.64. The molecule has 0 N–H and O–H groups in total. The molecule has 0 fully saturated rings. The third-order valence-corrected chi connectivity index (χ3v) is 3.82. The van der Waals surface area contributed by atoms with Crippen molar-refractivity contribution in [3.05, 3.63) is 48.0 Å². The number of aromatic nitrogens is 1. The zero-order valence-electron chi connectivity index (χ0n) is 13.0. The number of rotatable bonds is 3. The highest BCUT2D eigenvalue weighted by molar-refractivity contribution is 6.11. The van der Waals surface area contributed by atoms with Crippen LogP contribution in [0.2, 0.25) is 0 Å². The number of aryl methyl sites for hydroxylation is 1. The van der Waals surface area contributed by atoms with Crippen molar-refractivity contribution in [1.29, 1.82) is 0 Å². The van der Waals surface area contributed by atoms with Gasteiger partial charge in [0, 0.05) is 35.3 Å². The number of oxime groups is 1.